The first-order valence-electron chi connectivity index (χ1n) is 20.6. The molecule has 58 heavy (non-hydrogen) atoms. The first-order chi connectivity index (χ1) is 28.1. The Hall–Kier alpha value is -6.45. The first-order valence-corrected chi connectivity index (χ1v) is 20.6. The van der Waals surface area contributed by atoms with E-state index in [-0.39, 0.29) is 23.4 Å². The fraction of sp³-hybridized carbons (Fsp3) is 0.182. The summed E-state index contributed by atoms with van der Waals surface area (Å²) >= 11 is 0. The van der Waals surface area contributed by atoms with Gasteiger partial charge in [-0.1, -0.05) is 124 Å². The van der Waals surface area contributed by atoms with Crippen molar-refractivity contribution < 1.29 is 9.13 Å². The van der Waals surface area contributed by atoms with E-state index in [0.717, 1.165) is 16.6 Å². The Labute approximate surface area is 342 Å². The Morgan fingerprint density at radius 1 is 0.569 bits per heavy atom. The molecule has 3 atom stereocenters. The molecule has 0 fully saturated rings. The topological polar surface area (TPSA) is 20.6 Å². The molecule has 0 spiro atoms. The van der Waals surface area contributed by atoms with Gasteiger partial charge in [0.2, 0.25) is 11.4 Å². The highest BCUT2D eigenvalue weighted by molar-refractivity contribution is 6.06. The zero-order valence-corrected chi connectivity index (χ0v) is 34.3. The average Bonchev–Trinajstić information content (AvgIpc) is 3.35. The highest BCUT2D eigenvalue weighted by atomic mass is 15.1. The van der Waals surface area contributed by atoms with E-state index in [9.17, 15) is 0 Å². The largest absolute Gasteiger partial charge is 0.256 e. The first kappa shape index (κ1) is 35.9. The molecule has 3 aromatic heterocycles. The zero-order chi connectivity index (χ0) is 39.9. The Morgan fingerprint density at radius 2 is 1.29 bits per heavy atom. The van der Waals surface area contributed by atoms with Crippen LogP contribution in [0, 0.1) is 20.8 Å². The van der Waals surface area contributed by atoms with Gasteiger partial charge in [-0.3, -0.25) is 4.98 Å². The zero-order valence-electron chi connectivity index (χ0n) is 34.3. The van der Waals surface area contributed by atoms with Crippen LogP contribution in [0.4, 0.5) is 0 Å². The van der Waals surface area contributed by atoms with Crippen molar-refractivity contribution in [3.63, 3.8) is 0 Å². The van der Waals surface area contributed by atoms with Gasteiger partial charge in [-0.25, -0.2) is 0 Å². The molecule has 10 rings (SSSR count). The van der Waals surface area contributed by atoms with Crippen molar-refractivity contribution in [3.8, 4) is 56.0 Å². The normalized spacial score (nSPS) is 16.7. The molecule has 0 radical (unpaired) electrons. The molecule has 8 aromatic rings. The van der Waals surface area contributed by atoms with Crippen LogP contribution >= 0.6 is 0 Å². The molecular weight excluding hydrogens is 703 g/mol. The molecule has 2 aliphatic heterocycles. The third-order valence-corrected chi connectivity index (χ3v) is 12.8. The van der Waals surface area contributed by atoms with Crippen LogP contribution in [0.25, 0.3) is 66.8 Å². The van der Waals surface area contributed by atoms with Gasteiger partial charge in [0.25, 0.3) is 0 Å². The highest BCUT2D eigenvalue weighted by Crippen LogP contribution is 2.51. The number of hydrogen-bond acceptors (Lipinski definition) is 1. The highest BCUT2D eigenvalue weighted by Gasteiger charge is 2.51. The van der Waals surface area contributed by atoms with Crippen LogP contribution < -0.4 is 9.13 Å². The predicted octanol–water partition coefficient (Wildman–Crippen LogP) is 12.8. The maximum atomic E-state index is 5.08. The van der Waals surface area contributed by atoms with Crippen molar-refractivity contribution in [2.75, 3.05) is 0 Å². The van der Waals surface area contributed by atoms with Crippen LogP contribution in [0.2, 0.25) is 0 Å². The van der Waals surface area contributed by atoms with E-state index < -0.39 is 0 Å². The van der Waals surface area contributed by atoms with Gasteiger partial charge in [0.05, 0.1) is 16.8 Å². The summed E-state index contributed by atoms with van der Waals surface area (Å²) in [7, 11) is 0. The van der Waals surface area contributed by atoms with Crippen LogP contribution in [0.15, 0.2) is 165 Å². The molecular formula is C55H49N3+2. The summed E-state index contributed by atoms with van der Waals surface area (Å²) in [5, 5.41) is 2.35. The predicted molar refractivity (Wildman–Crippen MR) is 239 cm³/mol. The molecule has 0 aliphatic carbocycles. The number of allylic oxidation sites excluding steroid dienone is 1. The van der Waals surface area contributed by atoms with E-state index >= 15 is 0 Å². The lowest BCUT2D eigenvalue weighted by Crippen LogP contribution is -2.52. The van der Waals surface area contributed by atoms with Crippen molar-refractivity contribution in [3.05, 3.63) is 198 Å². The maximum absolute atomic E-state index is 5.08. The van der Waals surface area contributed by atoms with Crippen LogP contribution in [0.1, 0.15) is 72.2 Å². The van der Waals surface area contributed by atoms with Crippen LogP contribution in [0.5, 0.6) is 0 Å². The number of benzene rings is 5. The lowest BCUT2D eigenvalue weighted by Gasteiger charge is -2.31. The summed E-state index contributed by atoms with van der Waals surface area (Å²) in [5.74, 6) is 0.127. The van der Waals surface area contributed by atoms with Gasteiger partial charge in [-0.2, -0.15) is 9.13 Å². The van der Waals surface area contributed by atoms with Crippen molar-refractivity contribution in [1.29, 1.82) is 0 Å². The number of aryl methyl sites for hydroxylation is 3. The number of rotatable bonds is 4. The molecule has 2 aliphatic rings. The second kappa shape index (κ2) is 13.6. The Bertz CT molecular complexity index is 2950. The molecule has 0 amide bonds. The molecule has 5 aromatic carbocycles. The summed E-state index contributed by atoms with van der Waals surface area (Å²) in [6.45, 7) is 18.0. The Kier molecular flexibility index (Phi) is 8.42. The minimum Gasteiger partial charge on any atom is -0.256 e. The monoisotopic (exact) mass is 751 g/mol. The van der Waals surface area contributed by atoms with E-state index in [1.54, 1.807) is 0 Å². The van der Waals surface area contributed by atoms with Crippen molar-refractivity contribution in [2.45, 2.75) is 65.0 Å². The number of fused-ring (bicyclic) bond motifs is 11. The lowest BCUT2D eigenvalue weighted by molar-refractivity contribution is -0.739. The molecule has 0 N–H and O–H groups in total. The third-order valence-electron chi connectivity index (χ3n) is 12.8. The molecule has 5 heterocycles. The quantitative estimate of drug-likeness (QED) is 0.130. The minimum absolute atomic E-state index is 0.0188. The molecule has 0 saturated carbocycles. The number of pyridine rings is 3. The van der Waals surface area contributed by atoms with Crippen LogP contribution in [0.3, 0.4) is 0 Å². The summed E-state index contributed by atoms with van der Waals surface area (Å²) < 4.78 is 5.04. The van der Waals surface area contributed by atoms with Gasteiger partial charge in [0.15, 0.2) is 24.5 Å². The fourth-order valence-electron chi connectivity index (χ4n) is 9.85. The molecule has 3 heteroatoms. The molecule has 0 saturated heterocycles. The summed E-state index contributed by atoms with van der Waals surface area (Å²) in [6, 6.07) is 50.0. The maximum Gasteiger partial charge on any atom is 0.213 e. The Morgan fingerprint density at radius 3 is 2.09 bits per heavy atom. The van der Waals surface area contributed by atoms with Crippen molar-refractivity contribution in [2.24, 2.45) is 0 Å². The number of aromatic nitrogens is 3. The van der Waals surface area contributed by atoms with Gasteiger partial charge in [-0.05, 0) is 100 Å². The second-order valence-corrected chi connectivity index (χ2v) is 17.5. The Balaban J connectivity index is 1.27. The van der Waals surface area contributed by atoms with E-state index in [4.69, 9.17) is 4.98 Å². The summed E-state index contributed by atoms with van der Waals surface area (Å²) in [4.78, 5) is 5.08. The average molecular weight is 752 g/mol. The lowest BCUT2D eigenvalue weighted by atomic mass is 9.75. The summed E-state index contributed by atoms with van der Waals surface area (Å²) in [6.07, 6.45) is 8.91. The number of hydrogen-bond donors (Lipinski definition) is 0. The minimum atomic E-state index is -0.0252. The number of nitrogens with zero attached hydrogens (tertiary/aromatic N) is 3. The van der Waals surface area contributed by atoms with Gasteiger partial charge < -0.3 is 0 Å². The molecule has 3 nitrogen and oxygen atoms in total. The van der Waals surface area contributed by atoms with E-state index in [1.807, 2.05) is 0 Å². The molecule has 0 bridgehead atoms. The standard InChI is InChI=1S/C55H49N3/c1-8-50-53-44-17-13-12-16-43(44)51-29-35(3)24-26-58(51)54(53)45-21-19-38(30-47(45)52-31-39(55(5,6)7)25-27-57(50)52)41-22-23-42(40-20-18-34(2)28-36(40)4)48-33-56-49(32-46(41)48)37-14-10-9-11-15-37/h8-33,50,53-54H,1H2,2-7H3/q+2. The third kappa shape index (κ3) is 5.75. The van der Waals surface area contributed by atoms with E-state index in [0.29, 0.717) is 0 Å². The smallest absolute Gasteiger partial charge is 0.213 e. The van der Waals surface area contributed by atoms with Gasteiger partial charge >= 0.3 is 0 Å². The van der Waals surface area contributed by atoms with Gasteiger partial charge in [-0.15, -0.1) is 0 Å². The van der Waals surface area contributed by atoms with Crippen LogP contribution in [-0.4, -0.2) is 4.98 Å². The van der Waals surface area contributed by atoms with Crippen molar-refractivity contribution >= 4 is 10.8 Å². The fourth-order valence-corrected chi connectivity index (χ4v) is 9.85. The van der Waals surface area contributed by atoms with Gasteiger partial charge in [0, 0.05) is 47.0 Å². The van der Waals surface area contributed by atoms with Crippen molar-refractivity contribution in [1.82, 2.24) is 4.98 Å². The summed E-state index contributed by atoms with van der Waals surface area (Å²) in [5.41, 5.74) is 19.7. The molecule has 3 unspecified atom stereocenters. The van der Waals surface area contributed by atoms with E-state index in [1.165, 1.54) is 83.5 Å². The molecule has 282 valence electrons. The van der Waals surface area contributed by atoms with E-state index in [2.05, 4.69) is 215 Å². The van der Waals surface area contributed by atoms with Gasteiger partial charge in [0.1, 0.15) is 5.92 Å². The SMILES string of the molecule is C=CC1C2c3ccccc3-c3cc(C)cc[n+]3C2c2ccc(-c3ccc(-c4ccc(C)cc4C)c4cnc(-c5ccccc5)cc34)cc2-c2cc(C(C)(C)C)cc[n+]21. The van der Waals surface area contributed by atoms with Crippen LogP contribution in [-0.2, 0) is 5.41 Å². The second-order valence-electron chi connectivity index (χ2n) is 17.5.